The molecule has 0 saturated carbocycles. The third kappa shape index (κ3) is 13.1. The van der Waals surface area contributed by atoms with E-state index in [0.29, 0.717) is 41.2 Å². The van der Waals surface area contributed by atoms with Gasteiger partial charge >= 0.3 is 12.1 Å². The molecule has 0 atom stereocenters. The summed E-state index contributed by atoms with van der Waals surface area (Å²) in [5.41, 5.74) is 1.71. The summed E-state index contributed by atoms with van der Waals surface area (Å²) in [7, 11) is 0. The highest BCUT2D eigenvalue weighted by Gasteiger charge is 2.32. The van der Waals surface area contributed by atoms with Gasteiger partial charge in [0.2, 0.25) is 0 Å². The van der Waals surface area contributed by atoms with Crippen LogP contribution in [0.5, 0.6) is 0 Å². The molecule has 1 heterocycles. The molecule has 58 heavy (non-hydrogen) atoms. The van der Waals surface area contributed by atoms with Crippen LogP contribution in [0.3, 0.4) is 0 Å². The molecule has 0 radical (unpaired) electrons. The maximum absolute atomic E-state index is 13.6. The van der Waals surface area contributed by atoms with Crippen molar-refractivity contribution in [1.29, 1.82) is 0 Å². The largest absolute Gasteiger partial charge is 0.463 e. The summed E-state index contributed by atoms with van der Waals surface area (Å²) in [6, 6.07) is 20.2. The molecule has 0 aliphatic heterocycles. The highest BCUT2D eigenvalue weighted by Crippen LogP contribution is 2.33. The number of aromatic nitrogens is 1. The standard InChI is InChI=1S/C42H49F3N4O9/c1-3-49(4-2)34-11-12-36(35(22-34)37-21-32(13-14-46-37)39(54)47-24-29-7-6-10-33(20-29)42(43,44)45)48-40(55)31-9-5-8-30(19-31)25-57-16-15-56-17-18-58-38(53)23-41(26-50,27-51)28-52/h5-14,19-22,50-52H,3-4,15-18,23-28H2,1-2H3,(H,47,54)(H,48,55). The lowest BCUT2D eigenvalue weighted by atomic mass is 9.87. The molecular weight excluding hydrogens is 761 g/mol. The fourth-order valence-electron chi connectivity index (χ4n) is 5.80. The Hall–Kier alpha value is -5.39. The predicted octanol–water partition coefficient (Wildman–Crippen LogP) is 5.23. The van der Waals surface area contributed by atoms with Gasteiger partial charge in [-0.05, 0) is 79.6 Å². The van der Waals surface area contributed by atoms with Crippen molar-refractivity contribution in [3.8, 4) is 11.3 Å². The number of ether oxygens (including phenoxy) is 3. The van der Waals surface area contributed by atoms with Gasteiger partial charge in [-0.25, -0.2) is 0 Å². The number of alkyl halides is 3. The first kappa shape index (κ1) is 45.3. The zero-order valence-electron chi connectivity index (χ0n) is 32.4. The van der Waals surface area contributed by atoms with E-state index < -0.39 is 54.8 Å². The van der Waals surface area contributed by atoms with E-state index in [-0.39, 0.29) is 51.6 Å². The maximum Gasteiger partial charge on any atom is 0.416 e. The summed E-state index contributed by atoms with van der Waals surface area (Å²) < 4.78 is 55.8. The molecule has 0 spiro atoms. The Kier molecular flexibility index (Phi) is 17.1. The van der Waals surface area contributed by atoms with Crippen LogP contribution in [0.1, 0.15) is 57.7 Å². The number of amides is 2. The first-order chi connectivity index (χ1) is 27.8. The fourth-order valence-corrected chi connectivity index (χ4v) is 5.80. The number of aliphatic hydroxyl groups excluding tert-OH is 3. The smallest absolute Gasteiger partial charge is 0.416 e. The van der Waals surface area contributed by atoms with E-state index in [9.17, 15) is 42.9 Å². The molecule has 0 aliphatic rings. The van der Waals surface area contributed by atoms with Crippen LogP contribution < -0.4 is 15.5 Å². The molecule has 0 aliphatic carbocycles. The molecule has 13 nitrogen and oxygen atoms in total. The Bertz CT molecular complexity index is 1960. The second kappa shape index (κ2) is 21.9. The van der Waals surface area contributed by atoms with Gasteiger partial charge in [-0.3, -0.25) is 19.4 Å². The van der Waals surface area contributed by atoms with Crippen LogP contribution >= 0.6 is 0 Å². The number of pyridine rings is 1. The third-order valence-corrected chi connectivity index (χ3v) is 9.23. The van der Waals surface area contributed by atoms with Crippen LogP contribution in [0.2, 0.25) is 0 Å². The van der Waals surface area contributed by atoms with Gasteiger partial charge in [0.15, 0.2) is 0 Å². The minimum absolute atomic E-state index is 0.0581. The number of esters is 1. The molecular formula is C42H49F3N4O9. The average molecular weight is 811 g/mol. The third-order valence-electron chi connectivity index (χ3n) is 9.23. The lowest BCUT2D eigenvalue weighted by molar-refractivity contribution is -0.151. The molecule has 2 amide bonds. The molecule has 0 fully saturated rings. The van der Waals surface area contributed by atoms with Gasteiger partial charge in [0, 0.05) is 48.2 Å². The van der Waals surface area contributed by atoms with E-state index in [4.69, 9.17) is 14.2 Å². The van der Waals surface area contributed by atoms with E-state index >= 15 is 0 Å². The first-order valence-electron chi connectivity index (χ1n) is 18.7. The SMILES string of the molecule is CCN(CC)c1ccc(NC(=O)c2cccc(COCCOCCOC(=O)CC(CO)(CO)CO)c2)c(-c2cc(C(=O)NCc3cccc(C(F)(F)F)c3)ccn2)c1. The van der Waals surface area contributed by atoms with Crippen LogP contribution in [0.25, 0.3) is 11.3 Å². The van der Waals surface area contributed by atoms with Gasteiger partial charge < -0.3 is 45.1 Å². The molecule has 0 unspecified atom stereocenters. The summed E-state index contributed by atoms with van der Waals surface area (Å²) in [6.45, 7) is 4.26. The number of anilines is 2. The second-order valence-electron chi connectivity index (χ2n) is 13.4. The number of halogens is 3. The average Bonchev–Trinajstić information content (AvgIpc) is 3.23. The highest BCUT2D eigenvalue weighted by molar-refractivity contribution is 6.06. The van der Waals surface area contributed by atoms with E-state index in [1.165, 1.54) is 24.4 Å². The molecule has 4 rings (SSSR count). The molecule has 1 aromatic heterocycles. The van der Waals surface area contributed by atoms with E-state index in [0.717, 1.165) is 23.4 Å². The van der Waals surface area contributed by atoms with Gasteiger partial charge in [-0.15, -0.1) is 0 Å². The summed E-state index contributed by atoms with van der Waals surface area (Å²) >= 11 is 0. The molecule has 0 bridgehead atoms. The van der Waals surface area contributed by atoms with Crippen molar-refractivity contribution in [3.63, 3.8) is 0 Å². The lowest BCUT2D eigenvalue weighted by Crippen LogP contribution is -2.37. The number of aliphatic hydroxyl groups is 3. The van der Waals surface area contributed by atoms with E-state index in [2.05, 4.69) is 20.5 Å². The number of rotatable bonds is 22. The molecule has 4 aromatic rings. The van der Waals surface area contributed by atoms with Crippen molar-refractivity contribution in [2.45, 2.75) is 39.6 Å². The Morgan fingerprint density at radius 3 is 2.14 bits per heavy atom. The number of nitrogens with one attached hydrogen (secondary N) is 2. The van der Waals surface area contributed by atoms with Gasteiger partial charge in [0.1, 0.15) is 6.61 Å². The first-order valence-corrected chi connectivity index (χ1v) is 18.7. The minimum atomic E-state index is -4.51. The lowest BCUT2D eigenvalue weighted by Gasteiger charge is -2.25. The monoisotopic (exact) mass is 810 g/mol. The van der Waals surface area contributed by atoms with Crippen molar-refractivity contribution >= 4 is 29.2 Å². The number of hydrogen-bond donors (Lipinski definition) is 5. The summed E-state index contributed by atoms with van der Waals surface area (Å²) in [5.74, 6) is -1.60. The number of carbonyl (C=O) groups excluding carboxylic acids is 3. The summed E-state index contributed by atoms with van der Waals surface area (Å²) in [6.07, 6.45) is -3.39. The van der Waals surface area contributed by atoms with Crippen LogP contribution in [0, 0.1) is 5.41 Å². The molecule has 0 saturated heterocycles. The minimum Gasteiger partial charge on any atom is -0.463 e. The fraction of sp³-hybridized carbons (Fsp3) is 0.381. The van der Waals surface area contributed by atoms with Crippen molar-refractivity contribution < 1.29 is 57.1 Å². The number of nitrogens with zero attached hydrogens (tertiary/aromatic N) is 2. The van der Waals surface area contributed by atoms with Crippen LogP contribution in [-0.4, -0.2) is 97.4 Å². The Balaban J connectivity index is 1.37. The van der Waals surface area contributed by atoms with Crippen LogP contribution in [-0.2, 0) is 38.3 Å². The molecule has 3 aromatic carbocycles. The number of benzene rings is 3. The number of hydrogen-bond acceptors (Lipinski definition) is 11. The van der Waals surface area contributed by atoms with Gasteiger partial charge in [-0.2, -0.15) is 13.2 Å². The summed E-state index contributed by atoms with van der Waals surface area (Å²) in [4.78, 5) is 45.4. The molecule has 16 heteroatoms. The molecule has 5 N–H and O–H groups in total. The van der Waals surface area contributed by atoms with E-state index in [1.807, 2.05) is 26.0 Å². The molecule has 312 valence electrons. The quantitative estimate of drug-likeness (QED) is 0.0519. The van der Waals surface area contributed by atoms with Gasteiger partial charge in [-0.1, -0.05) is 24.3 Å². The topological polar surface area (TPSA) is 180 Å². The zero-order valence-corrected chi connectivity index (χ0v) is 32.4. The van der Waals surface area contributed by atoms with Crippen molar-refractivity contribution in [2.24, 2.45) is 5.41 Å². The van der Waals surface area contributed by atoms with Crippen molar-refractivity contribution in [1.82, 2.24) is 10.3 Å². The highest BCUT2D eigenvalue weighted by atomic mass is 19.4. The van der Waals surface area contributed by atoms with Crippen molar-refractivity contribution in [3.05, 3.63) is 113 Å². The van der Waals surface area contributed by atoms with Gasteiger partial charge in [0.25, 0.3) is 11.8 Å². The van der Waals surface area contributed by atoms with Crippen LogP contribution in [0.4, 0.5) is 24.5 Å². The number of carbonyl (C=O) groups is 3. The predicted molar refractivity (Wildman–Crippen MR) is 210 cm³/mol. The zero-order chi connectivity index (χ0) is 42.1. The van der Waals surface area contributed by atoms with E-state index in [1.54, 1.807) is 36.4 Å². The second-order valence-corrected chi connectivity index (χ2v) is 13.4. The summed E-state index contributed by atoms with van der Waals surface area (Å²) in [5, 5.41) is 33.7. The van der Waals surface area contributed by atoms with Crippen molar-refractivity contribution in [2.75, 3.05) is 69.6 Å². The Morgan fingerprint density at radius 2 is 1.43 bits per heavy atom. The Morgan fingerprint density at radius 1 is 0.759 bits per heavy atom. The van der Waals surface area contributed by atoms with Gasteiger partial charge in [0.05, 0.1) is 75.0 Å². The normalized spacial score (nSPS) is 11.6. The van der Waals surface area contributed by atoms with Crippen LogP contribution in [0.15, 0.2) is 85.1 Å². The maximum atomic E-state index is 13.6. The Labute approximate surface area is 334 Å².